The Morgan fingerprint density at radius 3 is 2.90 bits per heavy atom. The van der Waals surface area contributed by atoms with Gasteiger partial charge >= 0.3 is 0 Å². The van der Waals surface area contributed by atoms with Crippen LogP contribution in [0.2, 0.25) is 5.02 Å². The van der Waals surface area contributed by atoms with Gasteiger partial charge in [0, 0.05) is 11.4 Å². The maximum Gasteiger partial charge on any atom is 0.291 e. The van der Waals surface area contributed by atoms with Gasteiger partial charge in [-0.15, -0.1) is 5.10 Å². The highest BCUT2D eigenvalue weighted by molar-refractivity contribution is 6.31. The van der Waals surface area contributed by atoms with E-state index in [1.165, 1.54) is 0 Å². The first-order valence-corrected chi connectivity index (χ1v) is 6.96. The monoisotopic (exact) mass is 292 g/mol. The van der Waals surface area contributed by atoms with Crippen molar-refractivity contribution in [3.05, 3.63) is 46.5 Å². The first kappa shape index (κ1) is 14.5. The first-order chi connectivity index (χ1) is 9.61. The minimum Gasteiger partial charge on any atom is -0.343 e. The van der Waals surface area contributed by atoms with Crippen LogP contribution >= 0.6 is 11.6 Å². The molecular formula is C14H17ClN4O. The standard InChI is InChI=1S/C14H17ClN4O/c1-3-6-12-17-13(19-18-12)14(20)16-9(2)10-7-4-5-8-11(10)15/h4-5,7-9H,3,6H2,1-2H3,(H,16,20)(H,17,18,19). The Balaban J connectivity index is 2.05. The van der Waals surface area contributed by atoms with Crippen LogP contribution in [0, 0.1) is 0 Å². The summed E-state index contributed by atoms with van der Waals surface area (Å²) in [5, 5.41) is 10.2. The van der Waals surface area contributed by atoms with Gasteiger partial charge in [0.1, 0.15) is 5.82 Å². The molecule has 1 unspecified atom stereocenters. The predicted molar refractivity (Wildman–Crippen MR) is 77.7 cm³/mol. The van der Waals surface area contributed by atoms with E-state index in [1.54, 1.807) is 6.07 Å². The topological polar surface area (TPSA) is 70.7 Å². The number of aromatic nitrogens is 3. The first-order valence-electron chi connectivity index (χ1n) is 6.58. The Kier molecular flexibility index (Phi) is 4.74. The average Bonchev–Trinajstić information content (AvgIpc) is 2.88. The number of hydrogen-bond acceptors (Lipinski definition) is 3. The van der Waals surface area contributed by atoms with E-state index in [0.29, 0.717) is 5.02 Å². The number of aromatic amines is 1. The van der Waals surface area contributed by atoms with E-state index in [0.717, 1.165) is 24.2 Å². The van der Waals surface area contributed by atoms with Crippen molar-refractivity contribution in [1.82, 2.24) is 20.5 Å². The number of carbonyl (C=O) groups excluding carboxylic acids is 1. The molecule has 0 saturated heterocycles. The molecule has 0 fully saturated rings. The smallest absolute Gasteiger partial charge is 0.291 e. The summed E-state index contributed by atoms with van der Waals surface area (Å²) in [7, 11) is 0. The molecule has 1 aromatic carbocycles. The SMILES string of the molecule is CCCc1nc(C(=O)NC(C)c2ccccc2Cl)n[nH]1. The molecule has 2 N–H and O–H groups in total. The second kappa shape index (κ2) is 6.52. The van der Waals surface area contributed by atoms with Crippen molar-refractivity contribution in [2.24, 2.45) is 0 Å². The molecule has 2 aromatic rings. The van der Waals surface area contributed by atoms with Gasteiger partial charge in [0.05, 0.1) is 6.04 Å². The van der Waals surface area contributed by atoms with Gasteiger partial charge in [0.25, 0.3) is 5.91 Å². The van der Waals surface area contributed by atoms with Gasteiger partial charge in [-0.1, -0.05) is 36.7 Å². The van der Waals surface area contributed by atoms with Crippen molar-refractivity contribution in [3.63, 3.8) is 0 Å². The molecule has 1 atom stereocenters. The van der Waals surface area contributed by atoms with E-state index in [4.69, 9.17) is 11.6 Å². The van der Waals surface area contributed by atoms with Crippen LogP contribution in [0.15, 0.2) is 24.3 Å². The van der Waals surface area contributed by atoms with Crippen molar-refractivity contribution in [2.45, 2.75) is 32.7 Å². The van der Waals surface area contributed by atoms with E-state index in [-0.39, 0.29) is 17.8 Å². The van der Waals surface area contributed by atoms with Gasteiger partial charge in [0.2, 0.25) is 5.82 Å². The maximum absolute atomic E-state index is 12.1. The third-order valence-corrected chi connectivity index (χ3v) is 3.29. The molecule has 0 aliphatic heterocycles. The number of H-pyrrole nitrogens is 1. The lowest BCUT2D eigenvalue weighted by Gasteiger charge is -2.14. The Hall–Kier alpha value is -1.88. The van der Waals surface area contributed by atoms with E-state index >= 15 is 0 Å². The van der Waals surface area contributed by atoms with E-state index in [1.807, 2.05) is 32.0 Å². The highest BCUT2D eigenvalue weighted by atomic mass is 35.5. The van der Waals surface area contributed by atoms with Crippen LogP contribution in [0.5, 0.6) is 0 Å². The lowest BCUT2D eigenvalue weighted by atomic mass is 10.1. The summed E-state index contributed by atoms with van der Waals surface area (Å²) in [5.74, 6) is 0.575. The van der Waals surface area contributed by atoms with Crippen molar-refractivity contribution in [2.75, 3.05) is 0 Å². The number of nitrogens with one attached hydrogen (secondary N) is 2. The summed E-state index contributed by atoms with van der Waals surface area (Å²) >= 11 is 6.11. The maximum atomic E-state index is 12.1. The van der Waals surface area contributed by atoms with Crippen LogP contribution in [0.3, 0.4) is 0 Å². The van der Waals surface area contributed by atoms with Crippen LogP contribution < -0.4 is 5.32 Å². The fourth-order valence-electron chi connectivity index (χ4n) is 1.91. The van der Waals surface area contributed by atoms with Crippen molar-refractivity contribution in [3.8, 4) is 0 Å². The van der Waals surface area contributed by atoms with Gasteiger partial charge in [-0.05, 0) is 25.0 Å². The van der Waals surface area contributed by atoms with E-state index < -0.39 is 0 Å². The van der Waals surface area contributed by atoms with Gasteiger partial charge < -0.3 is 5.32 Å². The average molecular weight is 293 g/mol. The number of halogens is 1. The summed E-state index contributed by atoms with van der Waals surface area (Å²) in [5.41, 5.74) is 0.867. The third kappa shape index (κ3) is 3.36. The minimum atomic E-state index is -0.309. The lowest BCUT2D eigenvalue weighted by molar-refractivity contribution is 0.0929. The molecule has 1 aromatic heterocycles. The van der Waals surface area contributed by atoms with Crippen LogP contribution in [0.4, 0.5) is 0 Å². The van der Waals surface area contributed by atoms with E-state index in [9.17, 15) is 4.79 Å². The molecule has 0 spiro atoms. The predicted octanol–water partition coefficient (Wildman–Crippen LogP) is 2.90. The molecule has 20 heavy (non-hydrogen) atoms. The molecule has 6 heteroatoms. The number of aryl methyl sites for hydroxylation is 1. The second-order valence-electron chi connectivity index (χ2n) is 4.57. The summed E-state index contributed by atoms with van der Waals surface area (Å²) in [4.78, 5) is 16.2. The fourth-order valence-corrected chi connectivity index (χ4v) is 2.21. The van der Waals surface area contributed by atoms with Crippen LogP contribution in [-0.4, -0.2) is 21.1 Å². The molecule has 1 heterocycles. The van der Waals surface area contributed by atoms with Crippen molar-refractivity contribution >= 4 is 17.5 Å². The largest absolute Gasteiger partial charge is 0.343 e. The molecule has 0 aliphatic carbocycles. The zero-order valence-electron chi connectivity index (χ0n) is 11.5. The van der Waals surface area contributed by atoms with Gasteiger partial charge in [0.15, 0.2) is 0 Å². The summed E-state index contributed by atoms with van der Waals surface area (Å²) in [6.07, 6.45) is 1.73. The van der Waals surface area contributed by atoms with Crippen LogP contribution in [-0.2, 0) is 6.42 Å². The van der Waals surface area contributed by atoms with Crippen molar-refractivity contribution < 1.29 is 4.79 Å². The number of nitrogens with zero attached hydrogens (tertiary/aromatic N) is 2. The second-order valence-corrected chi connectivity index (χ2v) is 4.98. The summed E-state index contributed by atoms with van der Waals surface area (Å²) in [6, 6.07) is 7.21. The Labute approximate surface area is 122 Å². The summed E-state index contributed by atoms with van der Waals surface area (Å²) in [6.45, 7) is 3.92. The molecule has 5 nitrogen and oxygen atoms in total. The van der Waals surface area contributed by atoms with E-state index in [2.05, 4.69) is 20.5 Å². The molecular weight excluding hydrogens is 276 g/mol. The fraction of sp³-hybridized carbons (Fsp3) is 0.357. The number of rotatable bonds is 5. The van der Waals surface area contributed by atoms with Crippen LogP contribution in [0.1, 0.15) is 48.3 Å². The highest BCUT2D eigenvalue weighted by Gasteiger charge is 2.17. The Bertz CT molecular complexity index is 596. The molecule has 2 rings (SSSR count). The Morgan fingerprint density at radius 2 is 2.20 bits per heavy atom. The van der Waals surface area contributed by atoms with Gasteiger partial charge in [-0.2, -0.15) is 0 Å². The van der Waals surface area contributed by atoms with Crippen molar-refractivity contribution in [1.29, 1.82) is 0 Å². The highest BCUT2D eigenvalue weighted by Crippen LogP contribution is 2.22. The molecule has 0 saturated carbocycles. The Morgan fingerprint density at radius 1 is 1.45 bits per heavy atom. The molecule has 0 radical (unpaired) electrons. The number of amides is 1. The molecule has 0 bridgehead atoms. The number of benzene rings is 1. The summed E-state index contributed by atoms with van der Waals surface area (Å²) < 4.78 is 0. The zero-order valence-corrected chi connectivity index (χ0v) is 12.2. The molecule has 0 aliphatic rings. The third-order valence-electron chi connectivity index (χ3n) is 2.94. The molecule has 106 valence electrons. The molecule has 1 amide bonds. The van der Waals surface area contributed by atoms with Crippen LogP contribution in [0.25, 0.3) is 0 Å². The quantitative estimate of drug-likeness (QED) is 0.890. The lowest BCUT2D eigenvalue weighted by Crippen LogP contribution is -2.27. The zero-order chi connectivity index (χ0) is 14.5. The van der Waals surface area contributed by atoms with Gasteiger partial charge in [-0.3, -0.25) is 9.89 Å². The number of carbonyl (C=O) groups is 1. The van der Waals surface area contributed by atoms with Gasteiger partial charge in [-0.25, -0.2) is 4.98 Å². The number of hydrogen-bond donors (Lipinski definition) is 2. The normalized spacial score (nSPS) is 12.2. The minimum absolute atomic E-state index is 0.160.